The van der Waals surface area contributed by atoms with Gasteiger partial charge < -0.3 is 10.2 Å². The monoisotopic (exact) mass is 515 g/mol. The van der Waals surface area contributed by atoms with Gasteiger partial charge in [0.25, 0.3) is 0 Å². The fourth-order valence-corrected chi connectivity index (χ4v) is 4.86. The zero-order valence-electron chi connectivity index (χ0n) is 22.6. The van der Waals surface area contributed by atoms with Gasteiger partial charge in [0.2, 0.25) is 21.8 Å². The number of hydrogen-bond donors (Lipinski definition) is 1. The highest BCUT2D eigenvalue weighted by Crippen LogP contribution is 2.23. The summed E-state index contributed by atoms with van der Waals surface area (Å²) in [6.07, 6.45) is 2.26. The van der Waals surface area contributed by atoms with E-state index in [1.165, 1.54) is 4.90 Å². The second kappa shape index (κ2) is 12.9. The van der Waals surface area contributed by atoms with Crippen LogP contribution < -0.4 is 9.62 Å². The van der Waals surface area contributed by atoms with E-state index in [4.69, 9.17) is 0 Å². The van der Waals surface area contributed by atoms with Crippen molar-refractivity contribution in [3.63, 3.8) is 0 Å². The minimum atomic E-state index is -3.75. The minimum absolute atomic E-state index is 0.0329. The molecule has 1 N–H and O–H groups in total. The van der Waals surface area contributed by atoms with Gasteiger partial charge in [-0.3, -0.25) is 13.9 Å². The Hall–Kier alpha value is -2.87. The first-order valence-electron chi connectivity index (χ1n) is 12.6. The molecule has 0 aromatic heterocycles. The van der Waals surface area contributed by atoms with Gasteiger partial charge in [-0.05, 0) is 55.9 Å². The van der Waals surface area contributed by atoms with Crippen LogP contribution in [-0.4, -0.2) is 50.0 Å². The molecule has 0 radical (unpaired) electrons. The Morgan fingerprint density at radius 3 is 2.11 bits per heavy atom. The zero-order chi connectivity index (χ0) is 27.0. The summed E-state index contributed by atoms with van der Waals surface area (Å²) >= 11 is 0. The Kier molecular flexibility index (Phi) is 10.5. The molecule has 0 aliphatic carbocycles. The molecule has 198 valence electrons. The number of anilines is 1. The standard InChI is InChI=1S/C28H41N3O4S/c1-8-22(6)29-28(33)26(9-2)30(18-23-12-10-11-21(5)17-23)27(32)19-31(36(7,34)35)25-15-13-24(14-16-25)20(3)4/h10-17,20,22,26H,8-9,18-19H2,1-7H3,(H,29,33). The normalized spacial score (nSPS) is 13.2. The summed E-state index contributed by atoms with van der Waals surface area (Å²) in [5, 5.41) is 2.98. The summed E-state index contributed by atoms with van der Waals surface area (Å²) < 4.78 is 26.6. The molecule has 2 atom stereocenters. The van der Waals surface area contributed by atoms with Crippen LogP contribution in [0.15, 0.2) is 48.5 Å². The lowest BCUT2D eigenvalue weighted by atomic mass is 10.0. The lowest BCUT2D eigenvalue weighted by Gasteiger charge is -2.33. The van der Waals surface area contributed by atoms with Crippen molar-refractivity contribution in [2.24, 2.45) is 0 Å². The molecule has 0 saturated carbocycles. The molecule has 36 heavy (non-hydrogen) atoms. The molecule has 7 nitrogen and oxygen atoms in total. The summed E-state index contributed by atoms with van der Waals surface area (Å²) in [5.74, 6) is -0.368. The van der Waals surface area contributed by atoms with E-state index in [0.717, 1.165) is 33.7 Å². The SMILES string of the molecule is CCC(C)NC(=O)C(CC)N(Cc1cccc(C)c1)C(=O)CN(c1ccc(C(C)C)cc1)S(C)(=O)=O. The molecular weight excluding hydrogens is 474 g/mol. The number of sulfonamides is 1. The van der Waals surface area contributed by atoms with Crippen LogP contribution in [0.25, 0.3) is 0 Å². The van der Waals surface area contributed by atoms with Crippen LogP contribution in [0.1, 0.15) is 70.1 Å². The third kappa shape index (κ3) is 8.08. The van der Waals surface area contributed by atoms with Crippen molar-refractivity contribution in [3.05, 3.63) is 65.2 Å². The van der Waals surface area contributed by atoms with Gasteiger partial charge in [0.05, 0.1) is 11.9 Å². The molecule has 0 bridgehead atoms. The number of rotatable bonds is 12. The molecule has 2 amide bonds. The average molecular weight is 516 g/mol. The van der Waals surface area contributed by atoms with Crippen LogP contribution >= 0.6 is 0 Å². The smallest absolute Gasteiger partial charge is 0.244 e. The Labute approximate surface area is 216 Å². The predicted octanol–water partition coefficient (Wildman–Crippen LogP) is 4.61. The van der Waals surface area contributed by atoms with Gasteiger partial charge in [0.1, 0.15) is 12.6 Å². The molecule has 0 fully saturated rings. The Morgan fingerprint density at radius 1 is 0.972 bits per heavy atom. The molecular formula is C28H41N3O4S. The first kappa shape index (κ1) is 29.4. The predicted molar refractivity (Wildman–Crippen MR) is 146 cm³/mol. The van der Waals surface area contributed by atoms with Crippen molar-refractivity contribution in [1.29, 1.82) is 0 Å². The summed E-state index contributed by atoms with van der Waals surface area (Å²) in [4.78, 5) is 28.4. The van der Waals surface area contributed by atoms with Crippen LogP contribution in [0.4, 0.5) is 5.69 Å². The van der Waals surface area contributed by atoms with Crippen molar-refractivity contribution in [3.8, 4) is 0 Å². The number of carbonyl (C=O) groups excluding carboxylic acids is 2. The average Bonchev–Trinajstić information content (AvgIpc) is 2.81. The highest BCUT2D eigenvalue weighted by atomic mass is 32.2. The Morgan fingerprint density at radius 2 is 1.61 bits per heavy atom. The van der Waals surface area contributed by atoms with Gasteiger partial charge in [-0.1, -0.05) is 69.7 Å². The molecule has 2 unspecified atom stereocenters. The molecule has 2 aromatic rings. The molecule has 0 saturated heterocycles. The zero-order valence-corrected chi connectivity index (χ0v) is 23.4. The Balaban J connectivity index is 2.44. The molecule has 0 aliphatic rings. The fraction of sp³-hybridized carbons (Fsp3) is 0.500. The van der Waals surface area contributed by atoms with Gasteiger partial charge in [-0.15, -0.1) is 0 Å². The number of benzene rings is 2. The van der Waals surface area contributed by atoms with E-state index < -0.39 is 28.5 Å². The molecule has 0 heterocycles. The van der Waals surface area contributed by atoms with Gasteiger partial charge in [-0.2, -0.15) is 0 Å². The van der Waals surface area contributed by atoms with E-state index in [9.17, 15) is 18.0 Å². The maximum absolute atomic E-state index is 13.7. The van der Waals surface area contributed by atoms with Gasteiger partial charge in [0, 0.05) is 12.6 Å². The quantitative estimate of drug-likeness (QED) is 0.447. The van der Waals surface area contributed by atoms with E-state index in [2.05, 4.69) is 19.2 Å². The van der Waals surface area contributed by atoms with Crippen LogP contribution in [0.2, 0.25) is 0 Å². The lowest BCUT2D eigenvalue weighted by molar-refractivity contribution is -0.140. The lowest BCUT2D eigenvalue weighted by Crippen LogP contribution is -2.53. The number of hydrogen-bond acceptors (Lipinski definition) is 4. The van der Waals surface area contributed by atoms with Crippen LogP contribution in [0.3, 0.4) is 0 Å². The molecule has 0 spiro atoms. The largest absolute Gasteiger partial charge is 0.352 e. The van der Waals surface area contributed by atoms with E-state index in [1.807, 2.05) is 64.1 Å². The van der Waals surface area contributed by atoms with E-state index >= 15 is 0 Å². The summed E-state index contributed by atoms with van der Waals surface area (Å²) in [6, 6.07) is 14.2. The summed E-state index contributed by atoms with van der Waals surface area (Å²) in [6.45, 7) is 11.7. The molecule has 0 aliphatic heterocycles. The maximum atomic E-state index is 13.7. The van der Waals surface area contributed by atoms with Crippen molar-refractivity contribution in [2.45, 2.75) is 78.9 Å². The highest BCUT2D eigenvalue weighted by Gasteiger charge is 2.32. The van der Waals surface area contributed by atoms with Crippen molar-refractivity contribution in [1.82, 2.24) is 10.2 Å². The number of carbonyl (C=O) groups is 2. The van der Waals surface area contributed by atoms with E-state index in [-0.39, 0.29) is 18.5 Å². The first-order valence-corrected chi connectivity index (χ1v) is 14.4. The van der Waals surface area contributed by atoms with Gasteiger partial charge >= 0.3 is 0 Å². The third-order valence-corrected chi connectivity index (χ3v) is 7.49. The molecule has 2 aromatic carbocycles. The second-order valence-electron chi connectivity index (χ2n) is 9.77. The van der Waals surface area contributed by atoms with Gasteiger partial charge in [-0.25, -0.2) is 8.42 Å². The fourth-order valence-electron chi connectivity index (χ4n) is 4.01. The number of aryl methyl sites for hydroxylation is 1. The van der Waals surface area contributed by atoms with E-state index in [0.29, 0.717) is 18.0 Å². The highest BCUT2D eigenvalue weighted by molar-refractivity contribution is 7.92. The summed E-state index contributed by atoms with van der Waals surface area (Å²) in [7, 11) is -3.75. The van der Waals surface area contributed by atoms with Crippen LogP contribution in [0.5, 0.6) is 0 Å². The molecule has 2 rings (SSSR count). The number of nitrogens with one attached hydrogen (secondary N) is 1. The maximum Gasteiger partial charge on any atom is 0.244 e. The molecule has 8 heteroatoms. The van der Waals surface area contributed by atoms with Crippen LogP contribution in [-0.2, 0) is 26.2 Å². The second-order valence-corrected chi connectivity index (χ2v) is 11.7. The Bertz CT molecular complexity index is 1130. The topological polar surface area (TPSA) is 86.8 Å². The first-order chi connectivity index (χ1) is 16.9. The minimum Gasteiger partial charge on any atom is -0.352 e. The van der Waals surface area contributed by atoms with Gasteiger partial charge in [0.15, 0.2) is 0 Å². The number of nitrogens with zero attached hydrogens (tertiary/aromatic N) is 2. The summed E-state index contributed by atoms with van der Waals surface area (Å²) in [5.41, 5.74) is 3.42. The van der Waals surface area contributed by atoms with Crippen molar-refractivity contribution < 1.29 is 18.0 Å². The van der Waals surface area contributed by atoms with Crippen LogP contribution in [0, 0.1) is 6.92 Å². The van der Waals surface area contributed by atoms with Crippen molar-refractivity contribution in [2.75, 3.05) is 17.1 Å². The van der Waals surface area contributed by atoms with Crippen molar-refractivity contribution >= 4 is 27.5 Å². The number of amides is 2. The third-order valence-electron chi connectivity index (χ3n) is 6.35. The van der Waals surface area contributed by atoms with E-state index in [1.54, 1.807) is 12.1 Å².